The Morgan fingerprint density at radius 3 is 2.91 bits per heavy atom. The van der Waals surface area contributed by atoms with Crippen LogP contribution < -0.4 is 5.32 Å². The van der Waals surface area contributed by atoms with Gasteiger partial charge in [0.2, 0.25) is 12.8 Å². The van der Waals surface area contributed by atoms with E-state index in [-0.39, 0.29) is 30.3 Å². The predicted molar refractivity (Wildman–Crippen MR) is 157 cm³/mol. The summed E-state index contributed by atoms with van der Waals surface area (Å²) in [5.41, 5.74) is 1.03. The number of H-pyrrole nitrogens is 1. The molecule has 4 aliphatic rings. The number of nitrogens with one attached hydrogen (secondary N) is 2. The second-order valence-electron chi connectivity index (χ2n) is 9.59. The van der Waals surface area contributed by atoms with Crippen LogP contribution in [0.1, 0.15) is 23.7 Å². The van der Waals surface area contributed by atoms with Gasteiger partial charge in [0.25, 0.3) is 11.8 Å². The third-order valence-electron chi connectivity index (χ3n) is 6.77. The topological polar surface area (TPSA) is 188 Å². The molecule has 3 atom stereocenters. The second kappa shape index (κ2) is 12.4. The molecule has 2 unspecified atom stereocenters. The first kappa shape index (κ1) is 29.2. The number of esters is 1. The first-order valence-electron chi connectivity index (χ1n) is 13.3. The molecule has 0 saturated carbocycles. The summed E-state index contributed by atoms with van der Waals surface area (Å²) in [7, 11) is 0. The molecule has 0 bridgehead atoms. The molecule has 4 aliphatic heterocycles. The number of aromatic amines is 1. The summed E-state index contributed by atoms with van der Waals surface area (Å²) in [6.07, 6.45) is 6.32. The summed E-state index contributed by atoms with van der Waals surface area (Å²) >= 11 is 2.88. The quantitative estimate of drug-likeness (QED) is 0.139. The Bertz CT molecular complexity index is 1630. The number of aliphatic imine (C=N–C) groups is 1. The Labute approximate surface area is 257 Å². The smallest absolute Gasteiger partial charge is 0.352 e. The standard InChI is InChI=1S/C27H25N7O8S2/c1-2-40-19(35)12-41-32-20(16-5-7-28-31-16)23(36)30-21-25(37)34-22(27(38)39)14(13-44-26(21)34)10-33-8-6-15-17(11-33)42-24(29-15)18-4-3-9-43-18/h3-9,11,21,24,26H,2,10,12-13H2,1H3,(H,28,31)(H,30,36)(H,38,39)/b32-20+/t21?,24?,26-/m1/s1. The van der Waals surface area contributed by atoms with E-state index >= 15 is 0 Å². The van der Waals surface area contributed by atoms with Gasteiger partial charge in [-0.3, -0.25) is 19.6 Å². The number of aromatic nitrogens is 2. The van der Waals surface area contributed by atoms with Crippen LogP contribution >= 0.6 is 23.1 Å². The van der Waals surface area contributed by atoms with Crippen LogP contribution in [-0.4, -0.2) is 97.2 Å². The van der Waals surface area contributed by atoms with Crippen molar-refractivity contribution < 1.29 is 38.6 Å². The Morgan fingerprint density at radius 2 is 2.18 bits per heavy atom. The lowest BCUT2D eigenvalue weighted by atomic mass is 10.0. The van der Waals surface area contributed by atoms with E-state index in [0.717, 1.165) is 4.88 Å². The summed E-state index contributed by atoms with van der Waals surface area (Å²) in [6.45, 7) is 1.47. The normalized spacial score (nSPS) is 22.3. The molecule has 2 aromatic heterocycles. The molecule has 0 aliphatic carbocycles. The molecule has 0 spiro atoms. The van der Waals surface area contributed by atoms with Crippen molar-refractivity contribution in [1.82, 2.24) is 25.3 Å². The number of β-lactam (4-membered cyclic amide) rings is 1. The molecule has 15 nitrogen and oxygen atoms in total. The average molecular weight is 640 g/mol. The van der Waals surface area contributed by atoms with Gasteiger partial charge in [-0.05, 0) is 36.1 Å². The third-order valence-corrected chi connectivity index (χ3v) is 9.01. The van der Waals surface area contributed by atoms with Gasteiger partial charge >= 0.3 is 11.9 Å². The number of aliphatic carboxylic acids is 1. The number of oxime groups is 1. The van der Waals surface area contributed by atoms with Gasteiger partial charge in [0.05, 0.1) is 17.2 Å². The van der Waals surface area contributed by atoms with E-state index in [1.54, 1.807) is 41.6 Å². The Balaban J connectivity index is 1.13. The Hall–Kier alpha value is -4.90. The number of allylic oxidation sites excluding steroid dienone is 1. The van der Waals surface area contributed by atoms with Crippen molar-refractivity contribution >= 4 is 58.3 Å². The first-order chi connectivity index (χ1) is 21.3. The number of carboxylic acids is 1. The van der Waals surface area contributed by atoms with Gasteiger partial charge in [-0.15, -0.1) is 23.1 Å². The number of hydrogen-bond acceptors (Lipinski definition) is 13. The highest BCUT2D eigenvalue weighted by Crippen LogP contribution is 2.41. The Morgan fingerprint density at radius 1 is 1.32 bits per heavy atom. The number of nitrogens with zero attached hydrogens (tertiary/aromatic N) is 5. The fourth-order valence-corrected chi connectivity index (χ4v) is 6.84. The van der Waals surface area contributed by atoms with E-state index in [1.807, 2.05) is 17.5 Å². The minimum atomic E-state index is -1.25. The highest BCUT2D eigenvalue weighted by Gasteiger charge is 2.54. The number of carbonyl (C=O) groups is 4. The van der Waals surface area contributed by atoms with E-state index in [1.165, 1.54) is 28.9 Å². The first-order valence-corrected chi connectivity index (χ1v) is 15.3. The van der Waals surface area contributed by atoms with Crippen LogP contribution in [0.2, 0.25) is 0 Å². The summed E-state index contributed by atoms with van der Waals surface area (Å²) in [5.74, 6) is -2.39. The summed E-state index contributed by atoms with van der Waals surface area (Å²) in [6, 6.07) is 4.33. The zero-order valence-electron chi connectivity index (χ0n) is 23.0. The van der Waals surface area contributed by atoms with E-state index in [9.17, 15) is 24.3 Å². The lowest BCUT2D eigenvalue weighted by Crippen LogP contribution is -2.71. The van der Waals surface area contributed by atoms with Crippen molar-refractivity contribution in [2.45, 2.75) is 24.6 Å². The van der Waals surface area contributed by atoms with E-state index in [0.29, 0.717) is 22.8 Å². The third kappa shape index (κ3) is 5.70. The largest absolute Gasteiger partial charge is 0.477 e. The van der Waals surface area contributed by atoms with Crippen molar-refractivity contribution in [2.24, 2.45) is 10.1 Å². The number of carbonyl (C=O) groups excluding carboxylic acids is 3. The zero-order chi connectivity index (χ0) is 30.8. The van der Waals surface area contributed by atoms with Crippen molar-refractivity contribution in [1.29, 1.82) is 0 Å². The van der Waals surface area contributed by atoms with Crippen molar-refractivity contribution in [3.05, 3.63) is 75.9 Å². The minimum absolute atomic E-state index is 0.125. The monoisotopic (exact) mass is 639 g/mol. The molecular formula is C27H25N7O8S2. The van der Waals surface area contributed by atoms with Gasteiger partial charge in [-0.25, -0.2) is 14.6 Å². The number of thiophene rings is 1. The molecule has 3 N–H and O–H groups in total. The second-order valence-corrected chi connectivity index (χ2v) is 11.7. The highest BCUT2D eigenvalue weighted by atomic mass is 32.2. The van der Waals surface area contributed by atoms with Gasteiger partial charge < -0.3 is 29.6 Å². The maximum Gasteiger partial charge on any atom is 0.352 e. The summed E-state index contributed by atoms with van der Waals surface area (Å²) < 4.78 is 10.8. The lowest BCUT2D eigenvalue weighted by molar-refractivity contribution is -0.150. The average Bonchev–Trinajstić information content (AvgIpc) is 3.80. The molecule has 6 rings (SSSR count). The molecule has 1 saturated heterocycles. The number of hydrogen-bond donors (Lipinski definition) is 3. The van der Waals surface area contributed by atoms with Gasteiger partial charge in [0.1, 0.15) is 22.8 Å². The van der Waals surface area contributed by atoms with E-state index < -0.39 is 48.0 Å². The predicted octanol–water partition coefficient (Wildman–Crippen LogP) is 1.33. The van der Waals surface area contributed by atoms with Crippen LogP contribution in [0.15, 0.2) is 75.4 Å². The molecule has 6 heterocycles. The number of fused-ring (bicyclic) bond motifs is 2. The molecule has 228 valence electrons. The molecule has 2 aromatic rings. The van der Waals surface area contributed by atoms with Gasteiger partial charge in [0.15, 0.2) is 11.5 Å². The van der Waals surface area contributed by atoms with Gasteiger partial charge in [0, 0.05) is 30.9 Å². The molecule has 17 heteroatoms. The van der Waals surface area contributed by atoms with Crippen LogP contribution in [-0.2, 0) is 33.5 Å². The minimum Gasteiger partial charge on any atom is -0.477 e. The fourth-order valence-electron chi connectivity index (χ4n) is 4.82. The lowest BCUT2D eigenvalue weighted by Gasteiger charge is -2.49. The maximum absolute atomic E-state index is 13.2. The molecule has 0 radical (unpaired) electrons. The molecular weight excluding hydrogens is 614 g/mol. The molecule has 44 heavy (non-hydrogen) atoms. The summed E-state index contributed by atoms with van der Waals surface area (Å²) in [5, 5.41) is 24.2. The SMILES string of the molecule is CCOC(=O)CO/N=C(/C(=O)NC1C(=O)N2C(C(=O)O)=C(CN3C=CC4=NC(c5cccs5)OC4=C3)CS[C@H]12)c1ccn[nH]1. The number of rotatable bonds is 11. The Kier molecular flexibility index (Phi) is 8.21. The maximum atomic E-state index is 13.2. The molecule has 1 fully saturated rings. The zero-order valence-corrected chi connectivity index (χ0v) is 24.7. The van der Waals surface area contributed by atoms with Gasteiger partial charge in [-0.2, -0.15) is 5.10 Å². The van der Waals surface area contributed by atoms with E-state index in [2.05, 4.69) is 25.7 Å². The van der Waals surface area contributed by atoms with Gasteiger partial charge in [-0.1, -0.05) is 11.2 Å². The van der Waals surface area contributed by atoms with Crippen molar-refractivity contribution in [3.8, 4) is 0 Å². The van der Waals surface area contributed by atoms with Crippen LogP contribution in [0, 0.1) is 0 Å². The highest BCUT2D eigenvalue weighted by molar-refractivity contribution is 8.00. The van der Waals surface area contributed by atoms with Crippen LogP contribution in [0.5, 0.6) is 0 Å². The van der Waals surface area contributed by atoms with Crippen LogP contribution in [0.25, 0.3) is 0 Å². The number of ether oxygens (including phenoxy) is 2. The molecule has 2 amide bonds. The molecule has 0 aromatic carbocycles. The van der Waals surface area contributed by atoms with Crippen molar-refractivity contribution in [3.63, 3.8) is 0 Å². The number of amides is 2. The van der Waals surface area contributed by atoms with Crippen LogP contribution in [0.3, 0.4) is 0 Å². The van der Waals surface area contributed by atoms with Crippen molar-refractivity contribution in [2.75, 3.05) is 25.5 Å². The fraction of sp³-hybridized carbons (Fsp3) is 0.296. The van der Waals surface area contributed by atoms with Crippen LogP contribution in [0.4, 0.5) is 0 Å². The number of thioether (sulfide) groups is 1. The van der Waals surface area contributed by atoms with E-state index in [4.69, 9.17) is 14.3 Å². The number of carboxylic acid groups (broad SMARTS) is 1. The summed E-state index contributed by atoms with van der Waals surface area (Å²) in [4.78, 5) is 63.9.